The van der Waals surface area contributed by atoms with Crippen LogP contribution < -0.4 is 11.5 Å². The predicted octanol–water partition coefficient (Wildman–Crippen LogP) is 2.06. The van der Waals surface area contributed by atoms with Gasteiger partial charge in [0.05, 0.1) is 11.4 Å². The zero-order valence-corrected chi connectivity index (χ0v) is 10.1. The molecule has 0 atom stereocenters. The van der Waals surface area contributed by atoms with Gasteiger partial charge in [0, 0.05) is 5.02 Å². The standard InChI is InChI=1S/C11H11ClF3N3/c12-7-2-1-3-8(4-7)18-9(6-16)5-10(17)11(13,14)15/h1-5H,6,16-17H2/p+1. The zero-order chi connectivity index (χ0) is 13.8. The van der Waals surface area contributed by atoms with Gasteiger partial charge in [-0.1, -0.05) is 17.7 Å². The quantitative estimate of drug-likeness (QED) is 0.817. The largest absolute Gasteiger partial charge is 0.430 e. The predicted molar refractivity (Wildman–Crippen MR) is 64.6 cm³/mol. The number of quaternary nitrogens is 1. The lowest BCUT2D eigenvalue weighted by atomic mass is 10.2. The first-order chi connectivity index (χ1) is 8.32. The summed E-state index contributed by atoms with van der Waals surface area (Å²) >= 11 is 5.74. The van der Waals surface area contributed by atoms with Crippen LogP contribution in [0.5, 0.6) is 0 Å². The lowest BCUT2D eigenvalue weighted by Gasteiger charge is -2.06. The molecule has 0 heterocycles. The van der Waals surface area contributed by atoms with E-state index in [0.717, 1.165) is 6.08 Å². The Balaban J connectivity index is 3.04. The smallest absolute Gasteiger partial charge is 0.395 e. The highest BCUT2D eigenvalue weighted by molar-refractivity contribution is 6.30. The van der Waals surface area contributed by atoms with Gasteiger partial charge in [-0.25, -0.2) is 4.99 Å². The molecule has 0 unspecified atom stereocenters. The van der Waals surface area contributed by atoms with Crippen molar-refractivity contribution in [1.82, 2.24) is 0 Å². The molecule has 18 heavy (non-hydrogen) atoms. The van der Waals surface area contributed by atoms with Gasteiger partial charge in [-0.05, 0) is 24.3 Å². The molecule has 0 aliphatic heterocycles. The number of benzene rings is 1. The zero-order valence-electron chi connectivity index (χ0n) is 9.34. The van der Waals surface area contributed by atoms with E-state index in [0.29, 0.717) is 10.7 Å². The van der Waals surface area contributed by atoms with E-state index in [1.165, 1.54) is 6.07 Å². The maximum absolute atomic E-state index is 12.3. The Morgan fingerprint density at radius 2 is 2.11 bits per heavy atom. The number of alkyl halides is 3. The summed E-state index contributed by atoms with van der Waals surface area (Å²) in [6.45, 7) is 0.0866. The van der Waals surface area contributed by atoms with E-state index >= 15 is 0 Å². The Labute approximate surface area is 107 Å². The van der Waals surface area contributed by atoms with E-state index in [-0.39, 0.29) is 12.3 Å². The first kappa shape index (κ1) is 14.5. The Bertz CT molecular complexity index is 481. The molecule has 0 radical (unpaired) electrons. The monoisotopic (exact) mass is 278 g/mol. The van der Waals surface area contributed by atoms with Gasteiger partial charge in [0.2, 0.25) is 0 Å². The van der Waals surface area contributed by atoms with Gasteiger partial charge in [0.25, 0.3) is 0 Å². The van der Waals surface area contributed by atoms with Crippen LogP contribution in [-0.2, 0) is 0 Å². The third-order valence-corrected chi connectivity index (χ3v) is 2.22. The molecule has 0 saturated carbocycles. The number of hydrogen-bond acceptors (Lipinski definition) is 2. The third kappa shape index (κ3) is 4.38. The molecule has 1 aromatic rings. The molecular weight excluding hydrogens is 267 g/mol. The molecule has 0 amide bonds. The minimum absolute atomic E-state index is 0.0866. The molecule has 7 heteroatoms. The van der Waals surface area contributed by atoms with Crippen molar-refractivity contribution < 1.29 is 18.9 Å². The summed E-state index contributed by atoms with van der Waals surface area (Å²) in [5.74, 6) is 0. The maximum Gasteiger partial charge on any atom is 0.430 e. The summed E-state index contributed by atoms with van der Waals surface area (Å²) in [6, 6.07) is 6.46. The first-order valence-electron chi connectivity index (χ1n) is 4.99. The van der Waals surface area contributed by atoms with E-state index in [1.54, 1.807) is 18.2 Å². The van der Waals surface area contributed by atoms with Gasteiger partial charge in [-0.3, -0.25) is 0 Å². The van der Waals surface area contributed by atoms with Gasteiger partial charge in [0.15, 0.2) is 0 Å². The summed E-state index contributed by atoms with van der Waals surface area (Å²) in [5.41, 5.74) is 7.80. The summed E-state index contributed by atoms with van der Waals surface area (Å²) in [5, 5.41) is 0.451. The Morgan fingerprint density at radius 3 is 2.61 bits per heavy atom. The first-order valence-corrected chi connectivity index (χ1v) is 5.37. The second-order valence-electron chi connectivity index (χ2n) is 3.43. The van der Waals surface area contributed by atoms with Crippen LogP contribution >= 0.6 is 11.6 Å². The van der Waals surface area contributed by atoms with Gasteiger partial charge >= 0.3 is 6.18 Å². The maximum atomic E-state index is 12.3. The average molecular weight is 279 g/mol. The molecule has 0 aliphatic rings. The fourth-order valence-electron chi connectivity index (χ4n) is 1.13. The lowest BCUT2D eigenvalue weighted by molar-refractivity contribution is -0.345. The molecule has 3 nitrogen and oxygen atoms in total. The van der Waals surface area contributed by atoms with Crippen molar-refractivity contribution in [1.29, 1.82) is 0 Å². The van der Waals surface area contributed by atoms with Gasteiger partial charge in [-0.2, -0.15) is 13.2 Å². The molecule has 1 aromatic carbocycles. The third-order valence-electron chi connectivity index (χ3n) is 1.99. The van der Waals surface area contributed by atoms with Crippen LogP contribution in [-0.4, -0.2) is 18.4 Å². The summed E-state index contributed by atoms with van der Waals surface area (Å²) in [7, 11) is 0. The van der Waals surface area contributed by atoms with Gasteiger partial charge in [-0.15, -0.1) is 0 Å². The fraction of sp³-hybridized carbons (Fsp3) is 0.182. The number of allylic oxidation sites excluding steroid dienone is 1. The van der Waals surface area contributed by atoms with Crippen molar-refractivity contribution in [2.24, 2.45) is 10.7 Å². The average Bonchev–Trinajstić information content (AvgIpc) is 2.26. The van der Waals surface area contributed by atoms with E-state index in [4.69, 9.17) is 17.3 Å². The topological polar surface area (TPSA) is 66.0 Å². The molecule has 0 bridgehead atoms. The number of aliphatic imine (C=N–C) groups is 1. The van der Waals surface area contributed by atoms with Crippen LogP contribution in [0.4, 0.5) is 18.9 Å². The number of rotatable bonds is 3. The van der Waals surface area contributed by atoms with Crippen molar-refractivity contribution in [2.45, 2.75) is 6.18 Å². The van der Waals surface area contributed by atoms with E-state index < -0.39 is 11.9 Å². The normalized spacial score (nSPS) is 13.8. The molecule has 0 aliphatic carbocycles. The van der Waals surface area contributed by atoms with Crippen LogP contribution in [0.3, 0.4) is 0 Å². The molecule has 0 fully saturated rings. The number of hydrogen-bond donors (Lipinski definition) is 2. The highest BCUT2D eigenvalue weighted by atomic mass is 35.5. The molecular formula is C11H12ClF3N3+. The van der Waals surface area contributed by atoms with Crippen LogP contribution in [0.1, 0.15) is 0 Å². The van der Waals surface area contributed by atoms with Crippen molar-refractivity contribution >= 4 is 23.0 Å². The Kier molecular flexibility index (Phi) is 4.75. The number of nitrogens with zero attached hydrogens (tertiary/aromatic N) is 1. The van der Waals surface area contributed by atoms with Crippen molar-refractivity contribution in [2.75, 3.05) is 6.54 Å². The lowest BCUT2D eigenvalue weighted by Crippen LogP contribution is -2.53. The number of halogens is 4. The molecule has 5 N–H and O–H groups in total. The molecule has 0 spiro atoms. The highest BCUT2D eigenvalue weighted by Crippen LogP contribution is 2.22. The fourth-order valence-corrected chi connectivity index (χ4v) is 1.32. The second-order valence-corrected chi connectivity index (χ2v) is 3.87. The van der Waals surface area contributed by atoms with Gasteiger partial charge in [0.1, 0.15) is 12.2 Å². The van der Waals surface area contributed by atoms with Crippen molar-refractivity contribution in [3.63, 3.8) is 0 Å². The SMILES string of the molecule is NC(=CC(C[NH3+])=Nc1cccc(Cl)c1)C(F)(F)F. The summed E-state index contributed by atoms with van der Waals surface area (Å²) < 4.78 is 36.8. The molecule has 1 rings (SSSR count). The molecule has 98 valence electrons. The van der Waals surface area contributed by atoms with Gasteiger partial charge < -0.3 is 11.5 Å². The van der Waals surface area contributed by atoms with E-state index in [1.807, 2.05) is 0 Å². The second kappa shape index (κ2) is 5.88. The van der Waals surface area contributed by atoms with E-state index in [2.05, 4.69) is 10.7 Å². The Morgan fingerprint density at radius 1 is 1.44 bits per heavy atom. The van der Waals surface area contributed by atoms with Crippen molar-refractivity contribution in [3.05, 3.63) is 41.1 Å². The highest BCUT2D eigenvalue weighted by Gasteiger charge is 2.31. The van der Waals surface area contributed by atoms with Crippen LogP contribution in [0.15, 0.2) is 41.0 Å². The van der Waals surface area contributed by atoms with Crippen LogP contribution in [0.25, 0.3) is 0 Å². The minimum atomic E-state index is -4.57. The molecule has 0 aromatic heterocycles. The summed E-state index contributed by atoms with van der Waals surface area (Å²) in [6.07, 6.45) is -3.79. The Hall–Kier alpha value is -1.53. The number of nitrogens with two attached hydrogens (primary N) is 1. The van der Waals surface area contributed by atoms with Crippen LogP contribution in [0, 0.1) is 0 Å². The van der Waals surface area contributed by atoms with E-state index in [9.17, 15) is 13.2 Å². The summed E-state index contributed by atoms with van der Waals surface area (Å²) in [4.78, 5) is 4.00. The van der Waals surface area contributed by atoms with Crippen molar-refractivity contribution in [3.8, 4) is 0 Å². The minimum Gasteiger partial charge on any atom is -0.395 e. The molecule has 0 saturated heterocycles. The van der Waals surface area contributed by atoms with Crippen LogP contribution in [0.2, 0.25) is 5.02 Å².